The van der Waals surface area contributed by atoms with Crippen molar-refractivity contribution in [2.24, 2.45) is 0 Å². The molecule has 0 aromatic carbocycles. The van der Waals surface area contributed by atoms with E-state index in [1.807, 2.05) is 6.92 Å². The van der Waals surface area contributed by atoms with Crippen LogP contribution in [0.25, 0.3) is 6.08 Å². The van der Waals surface area contributed by atoms with Crippen LogP contribution >= 0.6 is 11.8 Å². The highest BCUT2D eigenvalue weighted by Gasteiger charge is 2.25. The molecule has 1 aromatic heterocycles. The molecule has 1 N–H and O–H groups in total. The van der Waals surface area contributed by atoms with E-state index in [-0.39, 0.29) is 11.1 Å². The van der Waals surface area contributed by atoms with E-state index in [4.69, 9.17) is 4.42 Å². The Morgan fingerprint density at radius 3 is 2.71 bits per heavy atom. The number of carbonyl (C=O) groups is 2. The van der Waals surface area contributed by atoms with E-state index in [2.05, 4.69) is 5.32 Å². The average molecular weight is 209 g/mol. The first kappa shape index (κ1) is 9.08. The summed E-state index contributed by atoms with van der Waals surface area (Å²) in [5.74, 6) is 0.982. The molecule has 0 spiro atoms. The van der Waals surface area contributed by atoms with Gasteiger partial charge in [0, 0.05) is 6.08 Å². The quantitative estimate of drug-likeness (QED) is 0.718. The van der Waals surface area contributed by atoms with Gasteiger partial charge < -0.3 is 4.42 Å². The van der Waals surface area contributed by atoms with Gasteiger partial charge in [-0.3, -0.25) is 14.9 Å². The second-order valence-electron chi connectivity index (χ2n) is 2.80. The van der Waals surface area contributed by atoms with Crippen LogP contribution in [0.5, 0.6) is 0 Å². The molecule has 1 aliphatic rings. The number of nitrogens with one attached hydrogen (secondary N) is 1. The molecule has 0 radical (unpaired) electrons. The van der Waals surface area contributed by atoms with Crippen LogP contribution in [-0.2, 0) is 4.79 Å². The zero-order valence-corrected chi connectivity index (χ0v) is 8.18. The van der Waals surface area contributed by atoms with E-state index in [1.165, 1.54) is 0 Å². The second-order valence-corrected chi connectivity index (χ2v) is 3.82. The molecular weight excluding hydrogens is 202 g/mol. The van der Waals surface area contributed by atoms with Crippen molar-refractivity contribution in [1.82, 2.24) is 5.32 Å². The SMILES string of the molecule is Cc1ccc(/C=C2\SC(=O)NC2=O)o1. The minimum absolute atomic E-state index is 0.343. The van der Waals surface area contributed by atoms with Gasteiger partial charge in [-0.2, -0.15) is 0 Å². The van der Waals surface area contributed by atoms with Gasteiger partial charge in [-0.15, -0.1) is 0 Å². The summed E-state index contributed by atoms with van der Waals surface area (Å²) in [6.07, 6.45) is 1.55. The van der Waals surface area contributed by atoms with Crippen LogP contribution in [0, 0.1) is 6.92 Å². The van der Waals surface area contributed by atoms with Gasteiger partial charge in [-0.25, -0.2) is 0 Å². The number of furan rings is 1. The molecule has 1 fully saturated rings. The van der Waals surface area contributed by atoms with E-state index in [0.717, 1.165) is 17.5 Å². The van der Waals surface area contributed by atoms with Crippen LogP contribution in [0.15, 0.2) is 21.5 Å². The number of thioether (sulfide) groups is 1. The molecule has 2 rings (SSSR count). The molecule has 2 amide bonds. The lowest BCUT2D eigenvalue weighted by Crippen LogP contribution is -2.17. The smallest absolute Gasteiger partial charge is 0.290 e. The second kappa shape index (κ2) is 3.34. The van der Waals surface area contributed by atoms with Crippen molar-refractivity contribution < 1.29 is 14.0 Å². The van der Waals surface area contributed by atoms with E-state index < -0.39 is 0 Å². The normalized spacial score (nSPS) is 19.1. The minimum Gasteiger partial charge on any atom is -0.462 e. The molecule has 2 heterocycles. The number of hydrogen-bond acceptors (Lipinski definition) is 4. The summed E-state index contributed by atoms with van der Waals surface area (Å²) in [6, 6.07) is 3.55. The molecule has 0 aliphatic carbocycles. The fourth-order valence-electron chi connectivity index (χ4n) is 1.08. The minimum atomic E-state index is -0.367. The maximum atomic E-state index is 11.1. The van der Waals surface area contributed by atoms with E-state index in [0.29, 0.717) is 10.7 Å². The molecule has 1 aliphatic heterocycles. The first-order valence-corrected chi connectivity index (χ1v) is 4.78. The Labute approximate surface area is 84.4 Å². The van der Waals surface area contributed by atoms with E-state index in [9.17, 15) is 9.59 Å². The predicted molar refractivity (Wildman–Crippen MR) is 52.6 cm³/mol. The molecule has 0 atom stereocenters. The Bertz CT molecular complexity index is 433. The van der Waals surface area contributed by atoms with E-state index >= 15 is 0 Å². The fraction of sp³-hybridized carbons (Fsp3) is 0.111. The Kier molecular flexibility index (Phi) is 2.17. The Balaban J connectivity index is 2.27. The van der Waals surface area contributed by atoms with Gasteiger partial charge in [-0.05, 0) is 30.8 Å². The highest BCUT2D eigenvalue weighted by Crippen LogP contribution is 2.25. The van der Waals surface area contributed by atoms with Crippen LogP contribution in [0.3, 0.4) is 0 Å². The Hall–Kier alpha value is -1.49. The van der Waals surface area contributed by atoms with Gasteiger partial charge in [0.05, 0.1) is 4.91 Å². The standard InChI is InChI=1S/C9H7NO3S/c1-5-2-3-6(13-5)4-7-8(11)10-9(12)14-7/h2-4H,1H3,(H,10,11,12)/b7-4-. The van der Waals surface area contributed by atoms with Crippen LogP contribution in [-0.4, -0.2) is 11.1 Å². The van der Waals surface area contributed by atoms with Gasteiger partial charge in [0.1, 0.15) is 11.5 Å². The number of imide groups is 1. The predicted octanol–water partition coefficient (Wildman–Crippen LogP) is 1.91. The van der Waals surface area contributed by atoms with Crippen molar-refractivity contribution in [2.45, 2.75) is 6.92 Å². The highest BCUT2D eigenvalue weighted by atomic mass is 32.2. The fourth-order valence-corrected chi connectivity index (χ4v) is 1.74. The number of rotatable bonds is 1. The van der Waals surface area contributed by atoms with E-state index in [1.54, 1.807) is 18.2 Å². The number of hydrogen-bond donors (Lipinski definition) is 1. The van der Waals surface area contributed by atoms with Crippen LogP contribution in [0.1, 0.15) is 11.5 Å². The molecule has 72 valence electrons. The largest absolute Gasteiger partial charge is 0.462 e. The summed E-state index contributed by atoms with van der Waals surface area (Å²) in [5.41, 5.74) is 0. The number of amides is 2. The molecule has 1 aromatic rings. The molecular formula is C9H7NO3S. The summed E-state index contributed by atoms with van der Waals surface area (Å²) in [7, 11) is 0. The number of carbonyl (C=O) groups excluding carboxylic acids is 2. The van der Waals surface area contributed by atoms with Gasteiger partial charge >= 0.3 is 0 Å². The van der Waals surface area contributed by atoms with Crippen molar-refractivity contribution in [3.63, 3.8) is 0 Å². The van der Waals surface area contributed by atoms with Crippen LogP contribution < -0.4 is 5.32 Å². The summed E-state index contributed by atoms with van der Waals surface area (Å²) >= 11 is 0.879. The molecule has 4 nitrogen and oxygen atoms in total. The van der Waals surface area contributed by atoms with Gasteiger partial charge in [0.15, 0.2) is 0 Å². The maximum Gasteiger partial charge on any atom is 0.290 e. The van der Waals surface area contributed by atoms with Gasteiger partial charge in [-0.1, -0.05) is 0 Å². The van der Waals surface area contributed by atoms with Crippen molar-refractivity contribution in [3.05, 3.63) is 28.6 Å². The summed E-state index contributed by atoms with van der Waals surface area (Å²) in [6.45, 7) is 1.81. The molecule has 0 unspecified atom stereocenters. The first-order chi connectivity index (χ1) is 6.65. The molecule has 5 heteroatoms. The third kappa shape index (κ3) is 1.72. The van der Waals surface area contributed by atoms with Crippen LogP contribution in [0.4, 0.5) is 4.79 Å². The molecule has 1 saturated heterocycles. The third-order valence-electron chi connectivity index (χ3n) is 1.68. The zero-order chi connectivity index (χ0) is 10.1. The van der Waals surface area contributed by atoms with Crippen LogP contribution in [0.2, 0.25) is 0 Å². The average Bonchev–Trinajstić information content (AvgIpc) is 2.61. The number of aryl methyl sites for hydroxylation is 1. The Morgan fingerprint density at radius 1 is 1.43 bits per heavy atom. The van der Waals surface area contributed by atoms with Gasteiger partial charge in [0.25, 0.3) is 11.1 Å². The van der Waals surface area contributed by atoms with Crippen molar-refractivity contribution >= 4 is 29.0 Å². The zero-order valence-electron chi connectivity index (χ0n) is 7.37. The lowest BCUT2D eigenvalue weighted by molar-refractivity contribution is -0.115. The molecule has 0 bridgehead atoms. The summed E-state index contributed by atoms with van der Waals surface area (Å²) < 4.78 is 5.25. The summed E-state index contributed by atoms with van der Waals surface area (Å²) in [5, 5.41) is 1.83. The van der Waals surface area contributed by atoms with Crippen molar-refractivity contribution in [1.29, 1.82) is 0 Å². The third-order valence-corrected chi connectivity index (χ3v) is 2.49. The maximum absolute atomic E-state index is 11.1. The summed E-state index contributed by atoms with van der Waals surface area (Å²) in [4.78, 5) is 22.3. The lowest BCUT2D eigenvalue weighted by atomic mass is 10.4. The molecule has 0 saturated carbocycles. The Morgan fingerprint density at radius 2 is 2.21 bits per heavy atom. The highest BCUT2D eigenvalue weighted by molar-refractivity contribution is 8.18. The van der Waals surface area contributed by atoms with Crippen molar-refractivity contribution in [2.75, 3.05) is 0 Å². The first-order valence-electron chi connectivity index (χ1n) is 3.96. The lowest BCUT2D eigenvalue weighted by Gasteiger charge is -1.88. The topological polar surface area (TPSA) is 59.3 Å². The van der Waals surface area contributed by atoms with Crippen molar-refractivity contribution in [3.8, 4) is 0 Å². The van der Waals surface area contributed by atoms with Gasteiger partial charge in [0.2, 0.25) is 0 Å². The molecule has 14 heavy (non-hydrogen) atoms. The monoisotopic (exact) mass is 209 g/mol.